The van der Waals surface area contributed by atoms with E-state index in [1.165, 1.54) is 0 Å². The summed E-state index contributed by atoms with van der Waals surface area (Å²) in [5.41, 5.74) is 1.05. The van der Waals surface area contributed by atoms with Gasteiger partial charge in [0.15, 0.2) is 0 Å². The van der Waals surface area contributed by atoms with Crippen LogP contribution in [-0.4, -0.2) is 11.1 Å². The molecule has 1 N–H and O–H groups in total. The lowest BCUT2D eigenvalue weighted by molar-refractivity contribution is -0.139. The minimum Gasteiger partial charge on any atom is -0.481 e. The Morgan fingerprint density at radius 3 is 2.24 bits per heavy atom. The van der Waals surface area contributed by atoms with Crippen LogP contribution in [0.15, 0.2) is 28.7 Å². The average Bonchev–Trinajstić information content (AvgIpc) is 2.18. The first-order chi connectivity index (χ1) is 7.79. The lowest BCUT2D eigenvalue weighted by Crippen LogP contribution is -2.15. The molecule has 0 aliphatic rings. The van der Waals surface area contributed by atoms with E-state index < -0.39 is 11.9 Å². The highest BCUT2D eigenvalue weighted by atomic mass is 79.9. The number of carboxylic acid groups (broad SMARTS) is 1. The van der Waals surface area contributed by atoms with Crippen LogP contribution in [0.5, 0.6) is 0 Å². The van der Waals surface area contributed by atoms with Crippen molar-refractivity contribution in [1.82, 2.24) is 0 Å². The molecule has 2 nitrogen and oxygen atoms in total. The Kier molecular flexibility index (Phi) is 4.75. The number of rotatable bonds is 4. The Bertz CT molecular complexity index is 376. The minimum absolute atomic E-state index is 0.170. The van der Waals surface area contributed by atoms with E-state index in [0.717, 1.165) is 16.5 Å². The molecule has 0 heterocycles. The molecule has 94 valence electrons. The lowest BCUT2D eigenvalue weighted by atomic mass is 9.84. The first kappa shape index (κ1) is 14.2. The molecular formula is C14H19BrO2. The van der Waals surface area contributed by atoms with E-state index in [2.05, 4.69) is 36.7 Å². The zero-order valence-corrected chi connectivity index (χ0v) is 12.1. The highest BCUT2D eigenvalue weighted by Crippen LogP contribution is 2.29. The van der Waals surface area contributed by atoms with Crippen molar-refractivity contribution in [3.05, 3.63) is 34.3 Å². The summed E-state index contributed by atoms with van der Waals surface area (Å²) < 4.78 is 0.973. The Labute approximate surface area is 111 Å². The van der Waals surface area contributed by atoms with Crippen LogP contribution < -0.4 is 0 Å². The summed E-state index contributed by atoms with van der Waals surface area (Å²) >= 11 is 3.35. The molecular weight excluding hydrogens is 280 g/mol. The zero-order valence-electron chi connectivity index (χ0n) is 10.5. The van der Waals surface area contributed by atoms with Gasteiger partial charge in [0, 0.05) is 4.47 Å². The van der Waals surface area contributed by atoms with E-state index in [1.54, 1.807) is 0 Å². The van der Waals surface area contributed by atoms with Crippen molar-refractivity contribution in [1.29, 1.82) is 0 Å². The van der Waals surface area contributed by atoms with Gasteiger partial charge in [0.1, 0.15) is 0 Å². The van der Waals surface area contributed by atoms with Crippen molar-refractivity contribution >= 4 is 21.9 Å². The van der Waals surface area contributed by atoms with Gasteiger partial charge < -0.3 is 5.11 Å². The predicted molar refractivity (Wildman–Crippen MR) is 73.2 cm³/mol. The van der Waals surface area contributed by atoms with E-state index in [4.69, 9.17) is 0 Å². The smallest absolute Gasteiger partial charge is 0.310 e. The molecule has 17 heavy (non-hydrogen) atoms. The summed E-state index contributed by atoms with van der Waals surface area (Å²) in [5, 5.41) is 9.28. The van der Waals surface area contributed by atoms with Gasteiger partial charge in [0.2, 0.25) is 0 Å². The van der Waals surface area contributed by atoms with Crippen molar-refractivity contribution in [2.24, 2.45) is 5.41 Å². The maximum atomic E-state index is 11.3. The number of carboxylic acids is 1. The van der Waals surface area contributed by atoms with Gasteiger partial charge in [-0.3, -0.25) is 4.79 Å². The topological polar surface area (TPSA) is 37.3 Å². The highest BCUT2D eigenvalue weighted by molar-refractivity contribution is 9.10. The molecule has 1 aromatic rings. The van der Waals surface area contributed by atoms with Gasteiger partial charge in [-0.05, 0) is 36.0 Å². The third-order valence-corrected chi connectivity index (χ3v) is 3.28. The highest BCUT2D eigenvalue weighted by Gasteiger charge is 2.22. The van der Waals surface area contributed by atoms with E-state index in [1.807, 2.05) is 24.3 Å². The summed E-state index contributed by atoms with van der Waals surface area (Å²) in [4.78, 5) is 11.3. The van der Waals surface area contributed by atoms with Crippen LogP contribution in [0.1, 0.15) is 45.1 Å². The van der Waals surface area contributed by atoms with Crippen LogP contribution in [0.4, 0.5) is 0 Å². The Morgan fingerprint density at radius 1 is 1.29 bits per heavy atom. The predicted octanol–water partition coefficient (Wildman–Crippen LogP) is 4.44. The number of aliphatic carboxylic acids is 1. The standard InChI is InChI=1S/C14H19BrO2/c1-14(2,3)9-8-12(13(16)17)10-4-6-11(15)7-5-10/h4-7,12H,8-9H2,1-3H3,(H,16,17). The lowest BCUT2D eigenvalue weighted by Gasteiger charge is -2.21. The van der Waals surface area contributed by atoms with Gasteiger partial charge in [-0.15, -0.1) is 0 Å². The van der Waals surface area contributed by atoms with Gasteiger partial charge >= 0.3 is 5.97 Å². The van der Waals surface area contributed by atoms with Gasteiger partial charge in [-0.2, -0.15) is 0 Å². The Morgan fingerprint density at radius 2 is 1.82 bits per heavy atom. The third kappa shape index (κ3) is 4.90. The Balaban J connectivity index is 2.79. The monoisotopic (exact) mass is 298 g/mol. The molecule has 0 amide bonds. The normalized spacial score (nSPS) is 13.4. The number of hydrogen-bond acceptors (Lipinski definition) is 1. The molecule has 1 rings (SSSR count). The molecule has 1 unspecified atom stereocenters. The van der Waals surface area contributed by atoms with Crippen LogP contribution in [0.25, 0.3) is 0 Å². The first-order valence-electron chi connectivity index (χ1n) is 5.78. The summed E-state index contributed by atoms with van der Waals surface area (Å²) in [6, 6.07) is 7.54. The summed E-state index contributed by atoms with van der Waals surface area (Å²) in [5.74, 6) is -1.14. The van der Waals surface area contributed by atoms with E-state index in [9.17, 15) is 9.90 Å². The van der Waals surface area contributed by atoms with Crippen molar-refractivity contribution in [3.8, 4) is 0 Å². The molecule has 0 aliphatic heterocycles. The fourth-order valence-corrected chi connectivity index (χ4v) is 1.97. The molecule has 0 saturated carbocycles. The van der Waals surface area contributed by atoms with E-state index in [-0.39, 0.29) is 5.41 Å². The van der Waals surface area contributed by atoms with Gasteiger partial charge in [0.25, 0.3) is 0 Å². The second-order valence-electron chi connectivity index (χ2n) is 5.54. The van der Waals surface area contributed by atoms with Crippen molar-refractivity contribution < 1.29 is 9.90 Å². The summed E-state index contributed by atoms with van der Waals surface area (Å²) in [6.07, 6.45) is 1.58. The van der Waals surface area contributed by atoms with Crippen LogP contribution in [0.2, 0.25) is 0 Å². The van der Waals surface area contributed by atoms with Crippen LogP contribution >= 0.6 is 15.9 Å². The second kappa shape index (κ2) is 5.67. The molecule has 3 heteroatoms. The number of halogens is 1. The van der Waals surface area contributed by atoms with Gasteiger partial charge in [-0.25, -0.2) is 0 Å². The Hall–Kier alpha value is -0.830. The number of hydrogen-bond donors (Lipinski definition) is 1. The fourth-order valence-electron chi connectivity index (χ4n) is 1.71. The third-order valence-electron chi connectivity index (χ3n) is 2.75. The maximum absolute atomic E-state index is 11.3. The molecule has 0 spiro atoms. The molecule has 0 aromatic heterocycles. The van der Waals surface area contributed by atoms with Crippen LogP contribution in [0, 0.1) is 5.41 Å². The molecule has 0 fully saturated rings. The van der Waals surface area contributed by atoms with Crippen molar-refractivity contribution in [2.75, 3.05) is 0 Å². The second-order valence-corrected chi connectivity index (χ2v) is 6.46. The largest absolute Gasteiger partial charge is 0.481 e. The van der Waals surface area contributed by atoms with Crippen LogP contribution in [0.3, 0.4) is 0 Å². The first-order valence-corrected chi connectivity index (χ1v) is 6.57. The number of carbonyl (C=O) groups is 1. The molecule has 1 aromatic carbocycles. The fraction of sp³-hybridized carbons (Fsp3) is 0.500. The molecule has 0 aliphatic carbocycles. The van der Waals surface area contributed by atoms with Gasteiger partial charge in [-0.1, -0.05) is 48.8 Å². The number of benzene rings is 1. The minimum atomic E-state index is -0.739. The molecule has 0 radical (unpaired) electrons. The van der Waals surface area contributed by atoms with E-state index >= 15 is 0 Å². The zero-order chi connectivity index (χ0) is 13.1. The SMILES string of the molecule is CC(C)(C)CCC(C(=O)O)c1ccc(Br)cc1. The van der Waals surface area contributed by atoms with Crippen LogP contribution in [-0.2, 0) is 4.79 Å². The maximum Gasteiger partial charge on any atom is 0.310 e. The quantitative estimate of drug-likeness (QED) is 0.892. The molecule has 1 atom stereocenters. The van der Waals surface area contributed by atoms with Gasteiger partial charge in [0.05, 0.1) is 5.92 Å². The van der Waals surface area contributed by atoms with Crippen molar-refractivity contribution in [2.45, 2.75) is 39.5 Å². The average molecular weight is 299 g/mol. The van der Waals surface area contributed by atoms with E-state index in [0.29, 0.717) is 6.42 Å². The van der Waals surface area contributed by atoms with Crippen molar-refractivity contribution in [3.63, 3.8) is 0 Å². The summed E-state index contributed by atoms with van der Waals surface area (Å²) in [6.45, 7) is 6.40. The molecule has 0 saturated heterocycles. The molecule has 0 bridgehead atoms. The summed E-state index contributed by atoms with van der Waals surface area (Å²) in [7, 11) is 0.